The van der Waals surface area contributed by atoms with E-state index in [2.05, 4.69) is 15.2 Å². The lowest BCUT2D eigenvalue weighted by Crippen LogP contribution is -2.36. The summed E-state index contributed by atoms with van der Waals surface area (Å²) in [7, 11) is 1.61. The normalized spacial score (nSPS) is 18.3. The maximum Gasteiger partial charge on any atom is 0.252 e. The van der Waals surface area contributed by atoms with Crippen molar-refractivity contribution >= 4 is 17.2 Å². The number of pyridine rings is 1. The minimum atomic E-state index is 0.0271. The number of hydrogen-bond acceptors (Lipinski definition) is 5. The summed E-state index contributed by atoms with van der Waals surface area (Å²) < 4.78 is 5.06. The Balaban J connectivity index is 1.50. The molecule has 3 rings (SSSR count). The molecule has 0 bridgehead atoms. The molecule has 5 nitrogen and oxygen atoms in total. The van der Waals surface area contributed by atoms with E-state index in [1.807, 2.05) is 35.2 Å². The van der Waals surface area contributed by atoms with Crippen LogP contribution in [0.5, 0.6) is 5.88 Å². The quantitative estimate of drug-likeness (QED) is 0.918. The molecule has 22 heavy (non-hydrogen) atoms. The van der Waals surface area contributed by atoms with E-state index in [0.717, 1.165) is 37.2 Å². The van der Waals surface area contributed by atoms with Crippen LogP contribution in [0.3, 0.4) is 0 Å². The summed E-state index contributed by atoms with van der Waals surface area (Å²) in [6.45, 7) is 2.71. The first-order chi connectivity index (χ1) is 10.7. The molecular weight excluding hydrogens is 298 g/mol. The SMILES string of the molecule is COc1ccc(CN2CCC(NC(=O)c3ccsc3)C2)cn1. The molecule has 1 fully saturated rings. The lowest BCUT2D eigenvalue weighted by atomic mass is 10.2. The highest BCUT2D eigenvalue weighted by atomic mass is 32.1. The minimum absolute atomic E-state index is 0.0271. The number of amides is 1. The first-order valence-electron chi connectivity index (χ1n) is 7.29. The number of ether oxygens (including phenoxy) is 1. The Kier molecular flexibility index (Phi) is 4.70. The van der Waals surface area contributed by atoms with E-state index < -0.39 is 0 Å². The number of carbonyl (C=O) groups excluding carboxylic acids is 1. The van der Waals surface area contributed by atoms with Gasteiger partial charge in [0.2, 0.25) is 5.88 Å². The van der Waals surface area contributed by atoms with Crippen LogP contribution in [0.2, 0.25) is 0 Å². The van der Waals surface area contributed by atoms with Crippen molar-refractivity contribution in [2.75, 3.05) is 20.2 Å². The Morgan fingerprint density at radius 3 is 3.09 bits per heavy atom. The first-order valence-corrected chi connectivity index (χ1v) is 8.23. The van der Waals surface area contributed by atoms with Crippen LogP contribution in [0, 0.1) is 0 Å². The lowest BCUT2D eigenvalue weighted by Gasteiger charge is -2.16. The number of aromatic nitrogens is 1. The van der Waals surface area contributed by atoms with E-state index in [0.29, 0.717) is 5.88 Å². The number of nitrogens with one attached hydrogen (secondary N) is 1. The maximum atomic E-state index is 12.1. The number of likely N-dealkylation sites (tertiary alicyclic amines) is 1. The Bertz CT molecular complexity index is 613. The van der Waals surface area contributed by atoms with Gasteiger partial charge in [-0.3, -0.25) is 9.69 Å². The van der Waals surface area contributed by atoms with Crippen molar-refractivity contribution in [1.82, 2.24) is 15.2 Å². The largest absolute Gasteiger partial charge is 0.481 e. The monoisotopic (exact) mass is 317 g/mol. The number of hydrogen-bond donors (Lipinski definition) is 1. The lowest BCUT2D eigenvalue weighted by molar-refractivity contribution is 0.0938. The van der Waals surface area contributed by atoms with Gasteiger partial charge in [-0.05, 0) is 23.4 Å². The molecule has 0 radical (unpaired) electrons. The van der Waals surface area contributed by atoms with Crippen molar-refractivity contribution in [3.8, 4) is 5.88 Å². The van der Waals surface area contributed by atoms with E-state index in [-0.39, 0.29) is 11.9 Å². The van der Waals surface area contributed by atoms with Gasteiger partial charge in [-0.1, -0.05) is 6.07 Å². The van der Waals surface area contributed by atoms with Crippen LogP contribution in [0.1, 0.15) is 22.3 Å². The number of carbonyl (C=O) groups is 1. The standard InChI is InChI=1S/C16H19N3O2S/c1-21-15-3-2-12(8-17-15)9-19-6-4-14(10-19)18-16(20)13-5-7-22-11-13/h2-3,5,7-8,11,14H,4,6,9-10H2,1H3,(H,18,20). The predicted octanol–water partition coefficient (Wildman–Crippen LogP) is 2.16. The summed E-state index contributed by atoms with van der Waals surface area (Å²) >= 11 is 1.54. The van der Waals surface area contributed by atoms with Gasteiger partial charge in [-0.2, -0.15) is 11.3 Å². The number of methoxy groups -OCH3 is 1. The van der Waals surface area contributed by atoms with Crippen LogP contribution in [0.15, 0.2) is 35.2 Å². The van der Waals surface area contributed by atoms with E-state index in [1.54, 1.807) is 18.4 Å². The summed E-state index contributed by atoms with van der Waals surface area (Å²) in [6, 6.07) is 5.98. The number of thiophene rings is 1. The molecule has 0 saturated carbocycles. The average Bonchev–Trinajstić information content (AvgIpc) is 3.20. The Hall–Kier alpha value is -1.92. The molecule has 1 aliphatic heterocycles. The van der Waals surface area contributed by atoms with E-state index in [9.17, 15) is 4.79 Å². The topological polar surface area (TPSA) is 54.5 Å². The molecule has 0 aliphatic carbocycles. The van der Waals surface area contributed by atoms with Crippen LogP contribution < -0.4 is 10.1 Å². The van der Waals surface area contributed by atoms with Crippen molar-refractivity contribution in [3.63, 3.8) is 0 Å². The van der Waals surface area contributed by atoms with Gasteiger partial charge in [0.25, 0.3) is 5.91 Å². The second kappa shape index (κ2) is 6.89. The second-order valence-electron chi connectivity index (χ2n) is 5.42. The van der Waals surface area contributed by atoms with Crippen LogP contribution in [-0.4, -0.2) is 42.0 Å². The van der Waals surface area contributed by atoms with E-state index in [1.165, 1.54) is 0 Å². The molecule has 1 unspecified atom stereocenters. The van der Waals surface area contributed by atoms with Gasteiger partial charge in [-0.15, -0.1) is 0 Å². The summed E-state index contributed by atoms with van der Waals surface area (Å²) in [5.74, 6) is 0.658. The average molecular weight is 317 g/mol. The zero-order valence-electron chi connectivity index (χ0n) is 12.5. The van der Waals surface area contributed by atoms with Gasteiger partial charge in [0.1, 0.15) is 0 Å². The van der Waals surface area contributed by atoms with Crippen molar-refractivity contribution in [2.45, 2.75) is 19.0 Å². The number of rotatable bonds is 5. The smallest absolute Gasteiger partial charge is 0.252 e. The zero-order chi connectivity index (χ0) is 15.4. The van der Waals surface area contributed by atoms with Crippen LogP contribution in [0.25, 0.3) is 0 Å². The van der Waals surface area contributed by atoms with Crippen molar-refractivity contribution < 1.29 is 9.53 Å². The third kappa shape index (κ3) is 3.64. The first kappa shape index (κ1) is 15.0. The molecule has 0 spiro atoms. The molecule has 116 valence electrons. The van der Waals surface area contributed by atoms with Crippen LogP contribution in [-0.2, 0) is 6.54 Å². The molecule has 2 aromatic heterocycles. The van der Waals surface area contributed by atoms with Crippen molar-refractivity contribution in [2.24, 2.45) is 0 Å². The van der Waals surface area contributed by atoms with Gasteiger partial charge < -0.3 is 10.1 Å². The Labute approximate surface area is 133 Å². The van der Waals surface area contributed by atoms with Gasteiger partial charge in [-0.25, -0.2) is 4.98 Å². The molecule has 2 aromatic rings. The third-order valence-electron chi connectivity index (χ3n) is 3.80. The summed E-state index contributed by atoms with van der Waals surface area (Å²) in [5, 5.41) is 6.91. The highest BCUT2D eigenvalue weighted by Crippen LogP contribution is 2.15. The highest BCUT2D eigenvalue weighted by molar-refractivity contribution is 7.08. The Morgan fingerprint density at radius 2 is 2.41 bits per heavy atom. The molecule has 1 aliphatic rings. The number of nitrogens with zero attached hydrogens (tertiary/aromatic N) is 2. The maximum absolute atomic E-state index is 12.1. The Morgan fingerprint density at radius 1 is 1.50 bits per heavy atom. The molecule has 6 heteroatoms. The molecule has 1 N–H and O–H groups in total. The molecule has 1 saturated heterocycles. The molecular formula is C16H19N3O2S. The van der Waals surface area contributed by atoms with Crippen LogP contribution >= 0.6 is 11.3 Å². The summed E-state index contributed by atoms with van der Waals surface area (Å²) in [4.78, 5) is 18.6. The molecule has 0 aromatic carbocycles. The van der Waals surface area contributed by atoms with E-state index in [4.69, 9.17) is 4.74 Å². The minimum Gasteiger partial charge on any atom is -0.481 e. The fourth-order valence-electron chi connectivity index (χ4n) is 2.64. The fraction of sp³-hybridized carbons (Fsp3) is 0.375. The highest BCUT2D eigenvalue weighted by Gasteiger charge is 2.24. The molecule has 1 atom stereocenters. The van der Waals surface area contributed by atoms with Crippen molar-refractivity contribution in [3.05, 3.63) is 46.3 Å². The summed E-state index contributed by atoms with van der Waals surface area (Å²) in [5.41, 5.74) is 1.91. The van der Waals surface area contributed by atoms with Gasteiger partial charge in [0.15, 0.2) is 0 Å². The second-order valence-corrected chi connectivity index (χ2v) is 6.20. The van der Waals surface area contributed by atoms with E-state index >= 15 is 0 Å². The van der Waals surface area contributed by atoms with Gasteiger partial charge in [0, 0.05) is 48.9 Å². The van der Waals surface area contributed by atoms with Crippen molar-refractivity contribution in [1.29, 1.82) is 0 Å². The summed E-state index contributed by atoms with van der Waals surface area (Å²) in [6.07, 6.45) is 2.83. The van der Waals surface area contributed by atoms with Gasteiger partial charge >= 0.3 is 0 Å². The zero-order valence-corrected chi connectivity index (χ0v) is 13.3. The van der Waals surface area contributed by atoms with Crippen LogP contribution in [0.4, 0.5) is 0 Å². The molecule has 1 amide bonds. The third-order valence-corrected chi connectivity index (χ3v) is 4.49. The van der Waals surface area contributed by atoms with Gasteiger partial charge in [0.05, 0.1) is 7.11 Å². The fourth-order valence-corrected chi connectivity index (χ4v) is 3.28. The predicted molar refractivity (Wildman–Crippen MR) is 86.3 cm³/mol. The molecule has 3 heterocycles.